The van der Waals surface area contributed by atoms with Crippen LogP contribution in [0.2, 0.25) is 0 Å². The molecule has 0 atom stereocenters. The van der Waals surface area contributed by atoms with E-state index in [2.05, 4.69) is 11.9 Å². The van der Waals surface area contributed by atoms with Gasteiger partial charge in [0.25, 0.3) is 0 Å². The molecule has 3 heteroatoms. The van der Waals surface area contributed by atoms with Crippen LogP contribution in [-0.4, -0.2) is 16.1 Å². The Kier molecular flexibility index (Phi) is 2.95. The number of aromatic nitrogens is 1. The van der Waals surface area contributed by atoms with Crippen molar-refractivity contribution in [1.82, 2.24) is 4.98 Å². The number of hydrogen-bond donors (Lipinski definition) is 2. The molecule has 0 unspecified atom stereocenters. The number of carboxylic acids is 1. The maximum atomic E-state index is 11.0. The molecule has 1 heterocycles. The lowest BCUT2D eigenvalue weighted by Gasteiger charge is -1.99. The molecule has 2 rings (SSSR count). The van der Waals surface area contributed by atoms with Crippen molar-refractivity contribution in [3.8, 4) is 0 Å². The number of rotatable bonds is 4. The second kappa shape index (κ2) is 4.39. The van der Waals surface area contributed by atoms with Gasteiger partial charge in [-0.05, 0) is 24.5 Å². The Morgan fingerprint density at radius 3 is 2.94 bits per heavy atom. The Morgan fingerprint density at radius 2 is 2.25 bits per heavy atom. The molecule has 2 N–H and O–H groups in total. The molecule has 0 amide bonds. The minimum Gasteiger partial charge on any atom is -0.478 e. The zero-order valence-corrected chi connectivity index (χ0v) is 9.29. The van der Waals surface area contributed by atoms with Gasteiger partial charge in [0.2, 0.25) is 0 Å². The standard InChI is InChI=1S/C13H15NO2/c1-2-3-5-9-8-14-12-10(9)6-4-7-11(12)13(15)16/h4,6-8,14H,2-3,5H2,1H3,(H,15,16). The third-order valence-electron chi connectivity index (χ3n) is 2.83. The number of nitrogens with one attached hydrogen (secondary N) is 1. The summed E-state index contributed by atoms with van der Waals surface area (Å²) >= 11 is 0. The highest BCUT2D eigenvalue weighted by molar-refractivity contribution is 6.02. The highest BCUT2D eigenvalue weighted by Crippen LogP contribution is 2.23. The van der Waals surface area contributed by atoms with Gasteiger partial charge < -0.3 is 10.1 Å². The van der Waals surface area contributed by atoms with Crippen LogP contribution in [0.25, 0.3) is 10.9 Å². The van der Waals surface area contributed by atoms with Gasteiger partial charge >= 0.3 is 5.97 Å². The van der Waals surface area contributed by atoms with Gasteiger partial charge in [0, 0.05) is 11.6 Å². The molecule has 0 saturated heterocycles. The van der Waals surface area contributed by atoms with E-state index < -0.39 is 5.97 Å². The van der Waals surface area contributed by atoms with Crippen molar-refractivity contribution in [3.63, 3.8) is 0 Å². The monoisotopic (exact) mass is 217 g/mol. The van der Waals surface area contributed by atoms with Gasteiger partial charge in [0.15, 0.2) is 0 Å². The predicted molar refractivity (Wildman–Crippen MR) is 63.9 cm³/mol. The minimum absolute atomic E-state index is 0.347. The first-order chi connectivity index (χ1) is 7.74. The lowest BCUT2D eigenvalue weighted by atomic mass is 10.1. The molecule has 1 aromatic carbocycles. The third kappa shape index (κ3) is 1.81. The van der Waals surface area contributed by atoms with Gasteiger partial charge in [-0.15, -0.1) is 0 Å². The van der Waals surface area contributed by atoms with E-state index >= 15 is 0 Å². The Hall–Kier alpha value is -1.77. The first-order valence-electron chi connectivity index (χ1n) is 5.56. The highest BCUT2D eigenvalue weighted by Gasteiger charge is 2.11. The van der Waals surface area contributed by atoms with Crippen LogP contribution in [0.5, 0.6) is 0 Å². The number of aryl methyl sites for hydroxylation is 1. The highest BCUT2D eigenvalue weighted by atomic mass is 16.4. The number of carbonyl (C=O) groups is 1. The lowest BCUT2D eigenvalue weighted by Crippen LogP contribution is -1.96. The number of benzene rings is 1. The quantitative estimate of drug-likeness (QED) is 0.826. The largest absolute Gasteiger partial charge is 0.478 e. The molecule has 3 nitrogen and oxygen atoms in total. The van der Waals surface area contributed by atoms with Gasteiger partial charge in [0.1, 0.15) is 0 Å². The number of unbranched alkanes of at least 4 members (excludes halogenated alkanes) is 1. The molecule has 16 heavy (non-hydrogen) atoms. The van der Waals surface area contributed by atoms with E-state index in [0.29, 0.717) is 5.56 Å². The average Bonchev–Trinajstić information content (AvgIpc) is 2.69. The summed E-state index contributed by atoms with van der Waals surface area (Å²) in [4.78, 5) is 14.1. The molecule has 0 bridgehead atoms. The average molecular weight is 217 g/mol. The lowest BCUT2D eigenvalue weighted by molar-refractivity contribution is 0.0699. The molecule has 0 saturated carbocycles. The Bertz CT molecular complexity index is 514. The summed E-state index contributed by atoms with van der Waals surface area (Å²) < 4.78 is 0. The SMILES string of the molecule is CCCCc1c[nH]c2c(C(=O)O)cccc12. The van der Waals surface area contributed by atoms with E-state index in [9.17, 15) is 4.79 Å². The number of fused-ring (bicyclic) bond motifs is 1. The number of hydrogen-bond acceptors (Lipinski definition) is 1. The van der Waals surface area contributed by atoms with Crippen molar-refractivity contribution in [3.05, 3.63) is 35.5 Å². The molecule has 0 fully saturated rings. The van der Waals surface area contributed by atoms with Crippen LogP contribution in [0, 0.1) is 0 Å². The Morgan fingerprint density at radius 1 is 1.44 bits per heavy atom. The van der Waals surface area contributed by atoms with Gasteiger partial charge in [-0.25, -0.2) is 4.79 Å². The topological polar surface area (TPSA) is 53.1 Å². The van der Waals surface area contributed by atoms with Gasteiger partial charge in [-0.3, -0.25) is 0 Å². The van der Waals surface area contributed by atoms with Crippen molar-refractivity contribution in [2.24, 2.45) is 0 Å². The molecule has 0 spiro atoms. The smallest absolute Gasteiger partial charge is 0.337 e. The zero-order chi connectivity index (χ0) is 11.5. The van der Waals surface area contributed by atoms with Crippen LogP contribution in [0.4, 0.5) is 0 Å². The van der Waals surface area contributed by atoms with Crippen LogP contribution in [-0.2, 0) is 6.42 Å². The second-order valence-electron chi connectivity index (χ2n) is 3.95. The Labute approximate surface area is 94.1 Å². The van der Waals surface area contributed by atoms with E-state index in [1.165, 1.54) is 5.56 Å². The van der Waals surface area contributed by atoms with Crippen molar-refractivity contribution in [1.29, 1.82) is 0 Å². The van der Waals surface area contributed by atoms with E-state index in [-0.39, 0.29) is 0 Å². The van der Waals surface area contributed by atoms with Crippen LogP contribution in [0.3, 0.4) is 0 Å². The fraction of sp³-hybridized carbons (Fsp3) is 0.308. The second-order valence-corrected chi connectivity index (χ2v) is 3.95. The summed E-state index contributed by atoms with van der Waals surface area (Å²) in [5, 5.41) is 10.1. The van der Waals surface area contributed by atoms with E-state index in [0.717, 1.165) is 30.2 Å². The van der Waals surface area contributed by atoms with Crippen molar-refractivity contribution in [2.45, 2.75) is 26.2 Å². The van der Waals surface area contributed by atoms with Crippen LogP contribution in [0.1, 0.15) is 35.7 Å². The molecule has 1 aromatic heterocycles. The number of carboxylic acid groups (broad SMARTS) is 1. The summed E-state index contributed by atoms with van der Waals surface area (Å²) in [6.45, 7) is 2.15. The van der Waals surface area contributed by atoms with Gasteiger partial charge in [-0.2, -0.15) is 0 Å². The maximum Gasteiger partial charge on any atom is 0.337 e. The fourth-order valence-corrected chi connectivity index (χ4v) is 1.96. The number of H-pyrrole nitrogens is 1. The van der Waals surface area contributed by atoms with Crippen molar-refractivity contribution >= 4 is 16.9 Å². The summed E-state index contributed by atoms with van der Waals surface area (Å²) in [5.41, 5.74) is 2.29. The third-order valence-corrected chi connectivity index (χ3v) is 2.83. The van der Waals surface area contributed by atoms with Gasteiger partial charge in [0.05, 0.1) is 11.1 Å². The zero-order valence-electron chi connectivity index (χ0n) is 9.29. The van der Waals surface area contributed by atoms with E-state index in [1.807, 2.05) is 12.3 Å². The maximum absolute atomic E-state index is 11.0. The fourth-order valence-electron chi connectivity index (χ4n) is 1.96. The van der Waals surface area contributed by atoms with Crippen LogP contribution < -0.4 is 0 Å². The minimum atomic E-state index is -0.880. The first-order valence-corrected chi connectivity index (χ1v) is 5.56. The van der Waals surface area contributed by atoms with E-state index in [1.54, 1.807) is 12.1 Å². The molecular weight excluding hydrogens is 202 g/mol. The van der Waals surface area contributed by atoms with Crippen LogP contribution >= 0.6 is 0 Å². The summed E-state index contributed by atoms with van der Waals surface area (Å²) in [7, 11) is 0. The van der Waals surface area contributed by atoms with Gasteiger partial charge in [-0.1, -0.05) is 25.5 Å². The molecule has 2 aromatic rings. The van der Waals surface area contributed by atoms with E-state index in [4.69, 9.17) is 5.11 Å². The molecular formula is C13H15NO2. The number of aromatic carboxylic acids is 1. The molecule has 0 aliphatic rings. The summed E-state index contributed by atoms with van der Waals surface area (Å²) in [6, 6.07) is 5.41. The first kappa shape index (κ1) is 10.7. The number of aromatic amines is 1. The summed E-state index contributed by atoms with van der Waals surface area (Å²) in [6.07, 6.45) is 5.20. The molecule has 0 radical (unpaired) electrons. The molecule has 84 valence electrons. The summed E-state index contributed by atoms with van der Waals surface area (Å²) in [5.74, 6) is -0.880. The molecule has 0 aliphatic heterocycles. The predicted octanol–water partition coefficient (Wildman–Crippen LogP) is 3.21. The van der Waals surface area contributed by atoms with Crippen molar-refractivity contribution < 1.29 is 9.90 Å². The number of para-hydroxylation sites is 1. The molecule has 0 aliphatic carbocycles. The Balaban J connectivity index is 2.48. The van der Waals surface area contributed by atoms with Crippen LogP contribution in [0.15, 0.2) is 24.4 Å². The normalized spacial score (nSPS) is 10.8. The van der Waals surface area contributed by atoms with Crippen molar-refractivity contribution in [2.75, 3.05) is 0 Å².